The molecule has 88 valence electrons. The molecule has 0 aromatic carbocycles. The van der Waals surface area contributed by atoms with E-state index in [0.29, 0.717) is 0 Å². The first kappa shape index (κ1) is 11.1. The summed E-state index contributed by atoms with van der Waals surface area (Å²) in [6, 6.07) is 1.48. The van der Waals surface area contributed by atoms with Gasteiger partial charge >= 0.3 is 5.69 Å². The summed E-state index contributed by atoms with van der Waals surface area (Å²) < 4.78 is 6.56. The average molecular weight is 228 g/mol. The maximum Gasteiger partial charge on any atom is 0.351 e. The predicted octanol–water partition coefficient (Wildman–Crippen LogP) is -1.53. The van der Waals surface area contributed by atoms with Crippen LogP contribution in [0.25, 0.3) is 0 Å². The van der Waals surface area contributed by atoms with E-state index in [0.717, 1.165) is 0 Å². The molecule has 4 N–H and O–H groups in total. The van der Waals surface area contributed by atoms with Gasteiger partial charge in [0.25, 0.3) is 0 Å². The predicted molar refractivity (Wildman–Crippen MR) is 54.5 cm³/mol. The summed E-state index contributed by atoms with van der Waals surface area (Å²) >= 11 is 0. The normalized spacial score (nSPS) is 29.5. The summed E-state index contributed by atoms with van der Waals surface area (Å²) in [6.07, 6.45) is -0.333. The standard InChI is InChI=1S/C9H13N3O4/c10-7-1-2-12(9(15)11-7)8-3-5(14)6(4-13)16-8/h1-2,5-6,8,13-14H,3-4H2,(H2,10,11,15)/t5-,6+,8+/m0/s1/i11+1. The summed E-state index contributed by atoms with van der Waals surface area (Å²) in [6.45, 7) is -0.283. The van der Waals surface area contributed by atoms with Gasteiger partial charge in [0.05, 0.1) is 12.7 Å². The molecule has 3 atom stereocenters. The highest BCUT2D eigenvalue weighted by Gasteiger charge is 2.34. The number of hydrogen-bond acceptors (Lipinski definition) is 6. The summed E-state index contributed by atoms with van der Waals surface area (Å²) in [5.41, 5.74) is 4.82. The molecule has 1 aromatic rings. The Labute approximate surface area is 91.1 Å². The Balaban J connectivity index is 2.23. The Hall–Kier alpha value is -1.44. The third-order valence-corrected chi connectivity index (χ3v) is 2.55. The lowest BCUT2D eigenvalue weighted by Gasteiger charge is -2.13. The highest BCUT2D eigenvalue weighted by Crippen LogP contribution is 2.27. The molecule has 1 aliphatic heterocycles. The minimum atomic E-state index is -0.778. The Bertz CT molecular complexity index is 433. The van der Waals surface area contributed by atoms with Gasteiger partial charge in [-0.1, -0.05) is 0 Å². The number of nitrogens with two attached hydrogens (primary N) is 1. The van der Waals surface area contributed by atoms with Gasteiger partial charge in [0.15, 0.2) is 0 Å². The number of nitrogen functional groups attached to an aromatic ring is 1. The highest BCUT2D eigenvalue weighted by atomic mass is 16.5. The molecule has 1 fully saturated rings. The molecule has 2 heterocycles. The minimum absolute atomic E-state index is 0.138. The van der Waals surface area contributed by atoms with Crippen molar-refractivity contribution in [2.45, 2.75) is 24.9 Å². The van der Waals surface area contributed by atoms with Gasteiger partial charge in [-0.05, 0) is 6.07 Å². The van der Waals surface area contributed by atoms with Crippen molar-refractivity contribution in [1.82, 2.24) is 9.55 Å². The Morgan fingerprint density at radius 2 is 2.44 bits per heavy atom. The molecule has 0 saturated carbocycles. The van der Waals surface area contributed by atoms with E-state index >= 15 is 0 Å². The largest absolute Gasteiger partial charge is 0.394 e. The van der Waals surface area contributed by atoms with Crippen LogP contribution in [0.15, 0.2) is 17.1 Å². The number of anilines is 1. The van der Waals surface area contributed by atoms with Gasteiger partial charge in [-0.15, -0.1) is 0 Å². The number of ether oxygens (including phenoxy) is 1. The van der Waals surface area contributed by atoms with E-state index in [1.165, 1.54) is 16.8 Å². The zero-order valence-electron chi connectivity index (χ0n) is 8.48. The van der Waals surface area contributed by atoms with E-state index in [1.807, 2.05) is 0 Å². The van der Waals surface area contributed by atoms with E-state index in [1.54, 1.807) is 0 Å². The summed E-state index contributed by atoms with van der Waals surface area (Å²) in [7, 11) is 0. The van der Waals surface area contributed by atoms with Crippen molar-refractivity contribution in [2.75, 3.05) is 12.3 Å². The molecule has 0 aliphatic carbocycles. The maximum absolute atomic E-state index is 11.5. The molecule has 0 bridgehead atoms. The van der Waals surface area contributed by atoms with Crippen molar-refractivity contribution in [3.8, 4) is 0 Å². The van der Waals surface area contributed by atoms with Crippen LogP contribution < -0.4 is 11.4 Å². The Morgan fingerprint density at radius 3 is 3.00 bits per heavy atom. The molecule has 1 saturated heterocycles. The fraction of sp³-hybridized carbons (Fsp3) is 0.556. The lowest BCUT2D eigenvalue weighted by atomic mass is 10.2. The zero-order chi connectivity index (χ0) is 11.7. The molecule has 1 aromatic heterocycles. The topological polar surface area (TPSA) is 111 Å². The van der Waals surface area contributed by atoms with Gasteiger partial charge in [-0.3, -0.25) is 4.57 Å². The second kappa shape index (κ2) is 4.20. The number of nitrogens with zero attached hydrogens (tertiary/aromatic N) is 2. The summed E-state index contributed by atoms with van der Waals surface area (Å²) in [5.74, 6) is 0.138. The van der Waals surface area contributed by atoms with Crippen LogP contribution >= 0.6 is 0 Å². The third kappa shape index (κ3) is 1.92. The monoisotopic (exact) mass is 228 g/mol. The van der Waals surface area contributed by atoms with Gasteiger partial charge in [-0.25, -0.2) is 4.79 Å². The van der Waals surface area contributed by atoms with Gasteiger partial charge in [0.2, 0.25) is 0 Å². The van der Waals surface area contributed by atoms with E-state index in [9.17, 15) is 9.90 Å². The zero-order valence-corrected chi connectivity index (χ0v) is 8.48. The molecule has 16 heavy (non-hydrogen) atoms. The molecule has 0 amide bonds. The van der Waals surface area contributed by atoms with Crippen molar-refractivity contribution in [1.29, 1.82) is 0 Å². The van der Waals surface area contributed by atoms with Gasteiger partial charge < -0.3 is 20.7 Å². The number of aromatic nitrogens is 2. The molecular weight excluding hydrogens is 215 g/mol. The highest BCUT2D eigenvalue weighted by molar-refractivity contribution is 5.23. The van der Waals surface area contributed by atoms with Crippen LogP contribution in [0.5, 0.6) is 0 Å². The first-order valence-corrected chi connectivity index (χ1v) is 4.91. The van der Waals surface area contributed by atoms with Crippen molar-refractivity contribution >= 4 is 5.82 Å². The van der Waals surface area contributed by atoms with Crippen molar-refractivity contribution in [3.63, 3.8) is 0 Å². The van der Waals surface area contributed by atoms with Crippen LogP contribution in [0.1, 0.15) is 12.6 Å². The number of aliphatic hydroxyl groups excluding tert-OH is 2. The maximum atomic E-state index is 11.5. The summed E-state index contributed by atoms with van der Waals surface area (Å²) in [5, 5.41) is 18.4. The van der Waals surface area contributed by atoms with Crippen molar-refractivity contribution < 1.29 is 14.9 Å². The first-order chi connectivity index (χ1) is 7.61. The van der Waals surface area contributed by atoms with Gasteiger partial charge in [0.1, 0.15) is 18.1 Å². The second-order valence-corrected chi connectivity index (χ2v) is 3.66. The molecule has 0 spiro atoms. The summed E-state index contributed by atoms with van der Waals surface area (Å²) in [4.78, 5) is 15.0. The molecular formula is C9H13N3O4. The minimum Gasteiger partial charge on any atom is -0.394 e. The van der Waals surface area contributed by atoms with E-state index in [2.05, 4.69) is 4.98 Å². The number of rotatable bonds is 2. The fourth-order valence-electron chi connectivity index (χ4n) is 1.70. The molecule has 1 aliphatic rings. The van der Waals surface area contributed by atoms with Crippen LogP contribution in [0.4, 0.5) is 5.82 Å². The average Bonchev–Trinajstić information content (AvgIpc) is 2.59. The quantitative estimate of drug-likeness (QED) is 0.566. The molecule has 0 unspecified atom stereocenters. The van der Waals surface area contributed by atoms with E-state index in [4.69, 9.17) is 15.6 Å². The Morgan fingerprint density at radius 1 is 1.69 bits per heavy atom. The fourth-order valence-corrected chi connectivity index (χ4v) is 1.70. The molecule has 7 heteroatoms. The Kier molecular flexibility index (Phi) is 2.90. The second-order valence-electron chi connectivity index (χ2n) is 3.66. The lowest BCUT2D eigenvalue weighted by molar-refractivity contribution is -0.0458. The van der Waals surface area contributed by atoms with Crippen LogP contribution in [0.3, 0.4) is 0 Å². The van der Waals surface area contributed by atoms with Crippen molar-refractivity contribution in [2.24, 2.45) is 0 Å². The lowest BCUT2D eigenvalue weighted by Crippen LogP contribution is -2.27. The SMILES string of the molecule is Nc1ccn([C@H]2C[C@H](O)[C@@H](CO)O2)c(=O)[15n]1. The van der Waals surface area contributed by atoms with Crippen molar-refractivity contribution in [3.05, 3.63) is 22.7 Å². The molecule has 0 radical (unpaired) electrons. The number of aliphatic hydroxyl groups is 2. The third-order valence-electron chi connectivity index (χ3n) is 2.55. The van der Waals surface area contributed by atoms with Gasteiger partial charge in [0, 0.05) is 12.6 Å². The van der Waals surface area contributed by atoms with Crippen LogP contribution in [-0.4, -0.2) is 38.6 Å². The smallest absolute Gasteiger partial charge is 0.351 e. The van der Waals surface area contributed by atoms with Crippen LogP contribution in [0, 0.1) is 0 Å². The van der Waals surface area contributed by atoms with Crippen LogP contribution in [0.2, 0.25) is 0 Å². The molecule has 7 nitrogen and oxygen atoms in total. The van der Waals surface area contributed by atoms with E-state index < -0.39 is 24.1 Å². The number of hydrogen-bond donors (Lipinski definition) is 3. The van der Waals surface area contributed by atoms with Gasteiger partial charge in [-0.2, -0.15) is 4.98 Å². The van der Waals surface area contributed by atoms with Crippen LogP contribution in [-0.2, 0) is 4.74 Å². The first-order valence-electron chi connectivity index (χ1n) is 4.91. The molecule has 2 rings (SSSR count). The van der Waals surface area contributed by atoms with E-state index in [-0.39, 0.29) is 18.8 Å².